The maximum atomic E-state index is 13.5. The molecule has 4 rings (SSSR count). The fourth-order valence-electron chi connectivity index (χ4n) is 5.18. The summed E-state index contributed by atoms with van der Waals surface area (Å²) in [6.45, 7) is 5.96. The Morgan fingerprint density at radius 2 is 2.03 bits per heavy atom. The highest BCUT2D eigenvalue weighted by Crippen LogP contribution is 2.54. The van der Waals surface area contributed by atoms with Gasteiger partial charge < -0.3 is 5.11 Å². The minimum Gasteiger partial charge on any atom is -0.392 e. The van der Waals surface area contributed by atoms with E-state index in [1.165, 1.54) is 12.1 Å². The van der Waals surface area contributed by atoms with Crippen LogP contribution in [0.2, 0.25) is 0 Å². The van der Waals surface area contributed by atoms with Crippen molar-refractivity contribution in [3.63, 3.8) is 0 Å². The molecule has 1 fully saturated rings. The van der Waals surface area contributed by atoms with Crippen LogP contribution in [0.5, 0.6) is 0 Å². The molecule has 3 heteroatoms. The summed E-state index contributed by atoms with van der Waals surface area (Å²) >= 11 is 0. The van der Waals surface area contributed by atoms with Crippen molar-refractivity contribution in [3.05, 3.63) is 101 Å². The van der Waals surface area contributed by atoms with Crippen molar-refractivity contribution in [1.29, 1.82) is 0 Å². The summed E-state index contributed by atoms with van der Waals surface area (Å²) in [5.74, 6) is 5.66. The van der Waals surface area contributed by atoms with E-state index < -0.39 is 11.5 Å². The van der Waals surface area contributed by atoms with Gasteiger partial charge in [0.15, 0.2) is 5.78 Å². The zero-order valence-corrected chi connectivity index (χ0v) is 18.3. The van der Waals surface area contributed by atoms with Gasteiger partial charge in [-0.25, -0.2) is 4.39 Å². The van der Waals surface area contributed by atoms with Crippen LogP contribution in [0.1, 0.15) is 49.3 Å². The van der Waals surface area contributed by atoms with Gasteiger partial charge in [0.1, 0.15) is 5.82 Å². The average molecular weight is 427 g/mol. The molecule has 2 aromatic carbocycles. The summed E-state index contributed by atoms with van der Waals surface area (Å²) in [5, 5.41) is 11.0. The van der Waals surface area contributed by atoms with Crippen LogP contribution in [0.3, 0.4) is 0 Å². The molecule has 32 heavy (non-hydrogen) atoms. The van der Waals surface area contributed by atoms with E-state index in [9.17, 15) is 14.3 Å². The van der Waals surface area contributed by atoms with E-state index in [1.54, 1.807) is 18.2 Å². The molecular formula is C29H27FO2. The van der Waals surface area contributed by atoms with Crippen molar-refractivity contribution in [2.45, 2.75) is 38.7 Å². The number of rotatable bonds is 3. The first-order chi connectivity index (χ1) is 15.5. The summed E-state index contributed by atoms with van der Waals surface area (Å²) in [5.41, 5.74) is 3.43. The van der Waals surface area contributed by atoms with Gasteiger partial charge in [0.05, 0.1) is 6.10 Å². The third-order valence-corrected chi connectivity index (χ3v) is 6.87. The SMILES string of the molecule is C=CC[C@@]12C(=CC(=O)C(=Cc3ccccc3C#Cc3cccc(F)c3)[C@@H]1C)CCC[C@@H]2O. The van der Waals surface area contributed by atoms with Gasteiger partial charge in [0.2, 0.25) is 0 Å². The minimum atomic E-state index is -0.505. The van der Waals surface area contributed by atoms with Crippen LogP contribution >= 0.6 is 0 Å². The highest BCUT2D eigenvalue weighted by atomic mass is 19.1. The molecule has 2 nitrogen and oxygen atoms in total. The van der Waals surface area contributed by atoms with E-state index in [4.69, 9.17) is 0 Å². The van der Waals surface area contributed by atoms with Crippen molar-refractivity contribution < 1.29 is 14.3 Å². The van der Waals surface area contributed by atoms with Crippen LogP contribution in [0.4, 0.5) is 4.39 Å². The molecule has 1 N–H and O–H groups in total. The van der Waals surface area contributed by atoms with Crippen LogP contribution in [0.25, 0.3) is 6.08 Å². The molecule has 0 aliphatic heterocycles. The van der Waals surface area contributed by atoms with Gasteiger partial charge in [-0.15, -0.1) is 6.58 Å². The average Bonchev–Trinajstić information content (AvgIpc) is 2.78. The number of hydrogen-bond donors (Lipinski definition) is 1. The zero-order valence-electron chi connectivity index (χ0n) is 18.3. The number of aliphatic hydroxyl groups is 1. The maximum absolute atomic E-state index is 13.5. The lowest BCUT2D eigenvalue weighted by atomic mass is 9.55. The molecule has 0 unspecified atom stereocenters. The number of halogens is 1. The van der Waals surface area contributed by atoms with Gasteiger partial charge in [-0.1, -0.05) is 54.7 Å². The second kappa shape index (κ2) is 9.10. The number of benzene rings is 2. The molecule has 0 spiro atoms. The van der Waals surface area contributed by atoms with Crippen molar-refractivity contribution in [1.82, 2.24) is 0 Å². The summed E-state index contributed by atoms with van der Waals surface area (Å²) < 4.78 is 13.5. The Hall–Kier alpha value is -3.22. The number of aliphatic hydroxyl groups excluding tert-OH is 1. The molecule has 0 bridgehead atoms. The number of ketones is 1. The highest BCUT2D eigenvalue weighted by molar-refractivity contribution is 6.09. The van der Waals surface area contributed by atoms with Crippen molar-refractivity contribution >= 4 is 11.9 Å². The molecule has 0 heterocycles. The molecule has 162 valence electrons. The molecule has 3 atom stereocenters. The Bertz CT molecular complexity index is 1180. The Kier molecular flexibility index (Phi) is 6.26. The van der Waals surface area contributed by atoms with Gasteiger partial charge in [0, 0.05) is 22.1 Å². The molecular weight excluding hydrogens is 399 g/mol. The molecule has 0 aromatic heterocycles. The quantitative estimate of drug-likeness (QED) is 0.379. The molecule has 1 saturated carbocycles. The van der Waals surface area contributed by atoms with Gasteiger partial charge in [-0.2, -0.15) is 0 Å². The van der Waals surface area contributed by atoms with Gasteiger partial charge in [0.25, 0.3) is 0 Å². The predicted molar refractivity (Wildman–Crippen MR) is 126 cm³/mol. The maximum Gasteiger partial charge on any atom is 0.182 e. The first kappa shape index (κ1) is 22.0. The zero-order chi connectivity index (χ0) is 22.7. The van der Waals surface area contributed by atoms with E-state index in [0.29, 0.717) is 17.6 Å². The molecule has 2 aliphatic rings. The third-order valence-electron chi connectivity index (χ3n) is 6.87. The van der Waals surface area contributed by atoms with Crippen LogP contribution in [-0.4, -0.2) is 17.0 Å². The second-order valence-electron chi connectivity index (χ2n) is 8.64. The lowest BCUT2D eigenvalue weighted by Gasteiger charge is -2.50. The lowest BCUT2D eigenvalue weighted by Crippen LogP contribution is -2.48. The van der Waals surface area contributed by atoms with Crippen molar-refractivity contribution in [3.8, 4) is 11.8 Å². The first-order valence-corrected chi connectivity index (χ1v) is 11.1. The number of hydrogen-bond acceptors (Lipinski definition) is 2. The Morgan fingerprint density at radius 3 is 2.81 bits per heavy atom. The molecule has 0 radical (unpaired) electrons. The van der Waals surface area contributed by atoms with E-state index in [2.05, 4.69) is 18.4 Å². The van der Waals surface area contributed by atoms with Crippen molar-refractivity contribution in [2.24, 2.45) is 11.3 Å². The third kappa shape index (κ3) is 3.99. The molecule has 2 aromatic rings. The normalized spacial score (nSPS) is 26.0. The number of carbonyl (C=O) groups excluding carboxylic acids is 1. The Balaban J connectivity index is 1.77. The summed E-state index contributed by atoms with van der Waals surface area (Å²) in [6.07, 6.45) is 8.08. The molecule has 0 saturated heterocycles. The highest BCUT2D eigenvalue weighted by Gasteiger charge is 2.51. The van der Waals surface area contributed by atoms with Crippen LogP contribution in [-0.2, 0) is 4.79 Å². The van der Waals surface area contributed by atoms with Gasteiger partial charge >= 0.3 is 0 Å². The van der Waals surface area contributed by atoms with E-state index >= 15 is 0 Å². The fourth-order valence-corrected chi connectivity index (χ4v) is 5.18. The van der Waals surface area contributed by atoms with E-state index in [1.807, 2.05) is 43.3 Å². The van der Waals surface area contributed by atoms with Crippen molar-refractivity contribution in [2.75, 3.05) is 0 Å². The predicted octanol–water partition coefficient (Wildman–Crippen LogP) is 5.86. The van der Waals surface area contributed by atoms with E-state index in [0.717, 1.165) is 36.0 Å². The van der Waals surface area contributed by atoms with Crippen LogP contribution in [0, 0.1) is 29.0 Å². The monoisotopic (exact) mass is 426 g/mol. The van der Waals surface area contributed by atoms with Gasteiger partial charge in [-0.3, -0.25) is 4.79 Å². The number of fused-ring (bicyclic) bond motifs is 1. The number of carbonyl (C=O) groups is 1. The fraction of sp³-hybridized carbons (Fsp3) is 0.276. The Labute approximate surface area is 189 Å². The van der Waals surface area contributed by atoms with Crippen LogP contribution < -0.4 is 0 Å². The molecule has 0 amide bonds. The number of allylic oxidation sites excluding steroid dienone is 3. The van der Waals surface area contributed by atoms with E-state index in [-0.39, 0.29) is 17.5 Å². The van der Waals surface area contributed by atoms with Gasteiger partial charge in [-0.05, 0) is 73.6 Å². The minimum absolute atomic E-state index is 0.00539. The largest absolute Gasteiger partial charge is 0.392 e. The first-order valence-electron chi connectivity index (χ1n) is 11.1. The summed E-state index contributed by atoms with van der Waals surface area (Å²) in [6, 6.07) is 13.8. The van der Waals surface area contributed by atoms with Crippen LogP contribution in [0.15, 0.2) is 78.4 Å². The summed E-state index contributed by atoms with van der Waals surface area (Å²) in [7, 11) is 0. The standard InChI is InChI=1S/C29H27FO2/c1-3-16-29-20(2)26(27(31)19-24(29)11-7-13-28(29)32)18-23-10-5-4-9-22(23)15-14-21-8-6-12-25(30)17-21/h3-6,8-10,12,17-20,28,32H,1,7,11,13,16H2,2H3/t20-,28-,29-/m0/s1. The smallest absolute Gasteiger partial charge is 0.182 e. The molecule has 2 aliphatic carbocycles. The topological polar surface area (TPSA) is 37.3 Å². The summed E-state index contributed by atoms with van der Waals surface area (Å²) in [4.78, 5) is 13.1. The Morgan fingerprint density at radius 1 is 1.22 bits per heavy atom. The second-order valence-corrected chi connectivity index (χ2v) is 8.64. The lowest BCUT2D eigenvalue weighted by molar-refractivity contribution is -0.113.